The normalized spacial score (nSPS) is 22.1. The Morgan fingerprint density at radius 3 is 2.80 bits per heavy atom. The van der Waals surface area contributed by atoms with Gasteiger partial charge in [-0.15, -0.1) is 0 Å². The van der Waals surface area contributed by atoms with Gasteiger partial charge < -0.3 is 20.1 Å². The third kappa shape index (κ3) is 3.22. The van der Waals surface area contributed by atoms with E-state index in [1.54, 1.807) is 32.4 Å². The molecule has 1 aromatic carbocycles. The fraction of sp³-hybridized carbons (Fsp3) is 0.533. The quantitative estimate of drug-likeness (QED) is 0.875. The van der Waals surface area contributed by atoms with Gasteiger partial charge in [-0.1, -0.05) is 6.92 Å². The zero-order valence-corrected chi connectivity index (χ0v) is 12.2. The first kappa shape index (κ1) is 14.7. The van der Waals surface area contributed by atoms with E-state index in [9.17, 15) is 4.79 Å². The Labute approximate surface area is 119 Å². The van der Waals surface area contributed by atoms with E-state index < -0.39 is 0 Å². The van der Waals surface area contributed by atoms with Crippen molar-refractivity contribution in [2.45, 2.75) is 19.4 Å². The van der Waals surface area contributed by atoms with Gasteiger partial charge in [-0.25, -0.2) is 0 Å². The van der Waals surface area contributed by atoms with Crippen LogP contribution in [0.15, 0.2) is 18.2 Å². The molecule has 1 saturated heterocycles. The Balaban J connectivity index is 2.12. The first-order valence-corrected chi connectivity index (χ1v) is 6.89. The Morgan fingerprint density at radius 2 is 2.15 bits per heavy atom. The monoisotopic (exact) mass is 278 g/mol. The van der Waals surface area contributed by atoms with Crippen LogP contribution in [-0.4, -0.2) is 39.3 Å². The number of ether oxygens (including phenoxy) is 2. The summed E-state index contributed by atoms with van der Waals surface area (Å²) in [6.45, 7) is 4.02. The van der Waals surface area contributed by atoms with E-state index >= 15 is 0 Å². The molecule has 1 aromatic rings. The van der Waals surface area contributed by atoms with Crippen molar-refractivity contribution in [1.29, 1.82) is 0 Å². The molecule has 110 valence electrons. The lowest BCUT2D eigenvalue weighted by Crippen LogP contribution is -2.48. The van der Waals surface area contributed by atoms with Gasteiger partial charge in [0.1, 0.15) is 11.5 Å². The molecule has 0 radical (unpaired) electrons. The zero-order valence-electron chi connectivity index (χ0n) is 12.2. The van der Waals surface area contributed by atoms with Crippen LogP contribution in [0.3, 0.4) is 0 Å². The summed E-state index contributed by atoms with van der Waals surface area (Å²) in [7, 11) is 3.14. The lowest BCUT2D eigenvalue weighted by atomic mass is 9.95. The van der Waals surface area contributed by atoms with Crippen molar-refractivity contribution in [3.63, 3.8) is 0 Å². The second-order valence-corrected chi connectivity index (χ2v) is 5.12. The van der Waals surface area contributed by atoms with E-state index in [-0.39, 0.29) is 11.9 Å². The van der Waals surface area contributed by atoms with E-state index in [2.05, 4.69) is 17.6 Å². The van der Waals surface area contributed by atoms with E-state index in [0.29, 0.717) is 23.0 Å². The van der Waals surface area contributed by atoms with Crippen molar-refractivity contribution in [1.82, 2.24) is 10.6 Å². The number of nitrogens with one attached hydrogen (secondary N) is 2. The van der Waals surface area contributed by atoms with Crippen molar-refractivity contribution in [2.24, 2.45) is 5.92 Å². The van der Waals surface area contributed by atoms with E-state index in [1.165, 1.54) is 0 Å². The fourth-order valence-corrected chi connectivity index (χ4v) is 2.46. The highest BCUT2D eigenvalue weighted by Crippen LogP contribution is 2.25. The number of carbonyl (C=O) groups is 1. The van der Waals surface area contributed by atoms with E-state index in [4.69, 9.17) is 9.47 Å². The number of methoxy groups -OCH3 is 2. The van der Waals surface area contributed by atoms with Gasteiger partial charge in [-0.05, 0) is 37.6 Å². The van der Waals surface area contributed by atoms with Gasteiger partial charge in [0.15, 0.2) is 0 Å². The van der Waals surface area contributed by atoms with Crippen LogP contribution in [0.1, 0.15) is 23.7 Å². The largest absolute Gasteiger partial charge is 0.497 e. The molecule has 0 aromatic heterocycles. The molecule has 1 fully saturated rings. The summed E-state index contributed by atoms with van der Waals surface area (Å²) in [4.78, 5) is 12.4. The summed E-state index contributed by atoms with van der Waals surface area (Å²) in [5.41, 5.74) is 0.541. The van der Waals surface area contributed by atoms with Crippen molar-refractivity contribution >= 4 is 5.91 Å². The lowest BCUT2D eigenvalue weighted by molar-refractivity contribution is 0.0911. The maximum Gasteiger partial charge on any atom is 0.255 e. The predicted octanol–water partition coefficient (Wildman–Crippen LogP) is 1.43. The molecule has 2 rings (SSSR count). The molecule has 1 aliphatic heterocycles. The van der Waals surface area contributed by atoms with Crippen LogP contribution in [0.5, 0.6) is 11.5 Å². The van der Waals surface area contributed by atoms with Gasteiger partial charge in [0.25, 0.3) is 5.91 Å². The molecule has 0 aliphatic carbocycles. The van der Waals surface area contributed by atoms with Gasteiger partial charge in [0.2, 0.25) is 0 Å². The molecule has 1 aliphatic rings. The molecule has 5 nitrogen and oxygen atoms in total. The van der Waals surface area contributed by atoms with Crippen LogP contribution in [-0.2, 0) is 0 Å². The fourth-order valence-electron chi connectivity index (χ4n) is 2.46. The standard InChI is InChI=1S/C15H22N2O3/c1-10-9-16-7-6-13(10)17-15(18)12-5-4-11(19-2)8-14(12)20-3/h4-5,8,10,13,16H,6-7,9H2,1-3H3,(H,17,18)/t10-,13-/m1/s1. The molecule has 5 heteroatoms. The van der Waals surface area contributed by atoms with Crippen LogP contribution in [0, 0.1) is 5.92 Å². The maximum absolute atomic E-state index is 12.4. The third-order valence-electron chi connectivity index (χ3n) is 3.76. The van der Waals surface area contributed by atoms with Crippen LogP contribution in [0.4, 0.5) is 0 Å². The number of piperidine rings is 1. The molecule has 1 heterocycles. The highest BCUT2D eigenvalue weighted by Gasteiger charge is 2.24. The first-order valence-electron chi connectivity index (χ1n) is 6.89. The molecule has 0 saturated carbocycles. The second-order valence-electron chi connectivity index (χ2n) is 5.12. The Kier molecular flexibility index (Phi) is 4.84. The van der Waals surface area contributed by atoms with Gasteiger partial charge in [-0.2, -0.15) is 0 Å². The minimum absolute atomic E-state index is 0.0942. The average Bonchev–Trinajstić information content (AvgIpc) is 2.48. The third-order valence-corrected chi connectivity index (χ3v) is 3.76. The smallest absolute Gasteiger partial charge is 0.255 e. The summed E-state index contributed by atoms with van der Waals surface area (Å²) in [6, 6.07) is 5.43. The van der Waals surface area contributed by atoms with Gasteiger partial charge in [-0.3, -0.25) is 4.79 Å². The molecule has 20 heavy (non-hydrogen) atoms. The van der Waals surface area contributed by atoms with Gasteiger partial charge in [0, 0.05) is 12.1 Å². The van der Waals surface area contributed by atoms with Gasteiger partial charge in [0.05, 0.1) is 19.8 Å². The van der Waals surface area contributed by atoms with E-state index in [1.807, 2.05) is 0 Å². The SMILES string of the molecule is COc1ccc(C(=O)N[C@@H]2CCNC[C@H]2C)c(OC)c1. The van der Waals surface area contributed by atoms with Crippen molar-refractivity contribution < 1.29 is 14.3 Å². The molecule has 0 spiro atoms. The Morgan fingerprint density at radius 1 is 1.35 bits per heavy atom. The minimum Gasteiger partial charge on any atom is -0.497 e. The number of benzene rings is 1. The van der Waals surface area contributed by atoms with Crippen molar-refractivity contribution in [3.8, 4) is 11.5 Å². The number of hydrogen-bond acceptors (Lipinski definition) is 4. The number of rotatable bonds is 4. The predicted molar refractivity (Wildman–Crippen MR) is 77.5 cm³/mol. The van der Waals surface area contributed by atoms with Gasteiger partial charge >= 0.3 is 0 Å². The van der Waals surface area contributed by atoms with Crippen molar-refractivity contribution in [3.05, 3.63) is 23.8 Å². The van der Waals surface area contributed by atoms with E-state index in [0.717, 1.165) is 19.5 Å². The molecular formula is C15H22N2O3. The zero-order chi connectivity index (χ0) is 14.5. The molecule has 0 unspecified atom stereocenters. The highest BCUT2D eigenvalue weighted by atomic mass is 16.5. The number of hydrogen-bond donors (Lipinski definition) is 2. The Hall–Kier alpha value is -1.75. The molecular weight excluding hydrogens is 256 g/mol. The highest BCUT2D eigenvalue weighted by molar-refractivity contribution is 5.97. The van der Waals surface area contributed by atoms with Crippen LogP contribution >= 0.6 is 0 Å². The molecule has 2 atom stereocenters. The first-order chi connectivity index (χ1) is 9.65. The minimum atomic E-state index is -0.0942. The van der Waals surface area contributed by atoms with Crippen LogP contribution < -0.4 is 20.1 Å². The number of amides is 1. The summed E-state index contributed by atoms with van der Waals surface area (Å²) in [5.74, 6) is 1.54. The summed E-state index contributed by atoms with van der Waals surface area (Å²) in [6.07, 6.45) is 0.950. The molecule has 2 N–H and O–H groups in total. The average molecular weight is 278 g/mol. The second kappa shape index (κ2) is 6.61. The molecule has 0 bridgehead atoms. The summed E-state index contributed by atoms with van der Waals surface area (Å²) in [5, 5.41) is 6.42. The maximum atomic E-state index is 12.4. The summed E-state index contributed by atoms with van der Waals surface area (Å²) < 4.78 is 10.4. The van der Waals surface area contributed by atoms with Crippen molar-refractivity contribution in [2.75, 3.05) is 27.3 Å². The topological polar surface area (TPSA) is 59.6 Å². The van der Waals surface area contributed by atoms with Crippen LogP contribution in [0.2, 0.25) is 0 Å². The lowest BCUT2D eigenvalue weighted by Gasteiger charge is -2.30. The molecule has 1 amide bonds. The van der Waals surface area contributed by atoms with Crippen LogP contribution in [0.25, 0.3) is 0 Å². The number of carbonyl (C=O) groups excluding carboxylic acids is 1. The summed E-state index contributed by atoms with van der Waals surface area (Å²) >= 11 is 0. The Bertz CT molecular complexity index is 476.